The number of aliphatic hydroxyl groups excluding tert-OH is 1. The fourth-order valence-corrected chi connectivity index (χ4v) is 2.38. The molecule has 0 saturated carbocycles. The molecule has 1 aliphatic rings. The minimum Gasteiger partial charge on any atom is -0.396 e. The lowest BCUT2D eigenvalue weighted by atomic mass is 9.93. The molecule has 86 valence electrons. The molecule has 0 fully saturated rings. The monoisotopic (exact) mass is 225 g/mol. The van der Waals surface area contributed by atoms with Crippen LogP contribution in [0.1, 0.15) is 11.1 Å². The lowest BCUT2D eigenvalue weighted by molar-refractivity contribution is 0.299. The second-order valence-corrected chi connectivity index (χ2v) is 4.36. The summed E-state index contributed by atoms with van der Waals surface area (Å²) in [6.45, 7) is 1.09. The highest BCUT2D eigenvalue weighted by atomic mass is 16.2. The molecule has 2 N–H and O–H groups in total. The van der Waals surface area contributed by atoms with Crippen LogP contribution < -0.4 is 5.32 Å². The fraction of sp³-hybridized carbons (Fsp3) is 0.200. The molecule has 0 bridgehead atoms. The van der Waals surface area contributed by atoms with Gasteiger partial charge in [-0.05, 0) is 35.2 Å². The third-order valence-corrected chi connectivity index (χ3v) is 3.26. The molecular weight excluding hydrogens is 210 g/mol. The second-order valence-electron chi connectivity index (χ2n) is 4.36. The van der Waals surface area contributed by atoms with Crippen molar-refractivity contribution in [1.29, 1.82) is 0 Å². The van der Waals surface area contributed by atoms with Crippen LogP contribution in [0, 0.1) is 0 Å². The van der Waals surface area contributed by atoms with E-state index in [-0.39, 0.29) is 6.61 Å². The summed E-state index contributed by atoms with van der Waals surface area (Å²) < 4.78 is 0. The first-order chi connectivity index (χ1) is 8.38. The van der Waals surface area contributed by atoms with E-state index >= 15 is 0 Å². The minimum absolute atomic E-state index is 0.202. The third kappa shape index (κ3) is 1.81. The number of fused-ring (bicyclic) bond motifs is 3. The van der Waals surface area contributed by atoms with E-state index in [1.54, 1.807) is 0 Å². The highest BCUT2D eigenvalue weighted by Crippen LogP contribution is 2.35. The van der Waals surface area contributed by atoms with Gasteiger partial charge in [0, 0.05) is 24.4 Å². The molecule has 0 atom stereocenters. The Balaban J connectivity index is 2.12. The minimum atomic E-state index is 0.202. The van der Waals surface area contributed by atoms with Crippen molar-refractivity contribution in [2.24, 2.45) is 0 Å². The van der Waals surface area contributed by atoms with E-state index in [9.17, 15) is 0 Å². The number of nitrogens with one attached hydrogen (secondary N) is 1. The van der Waals surface area contributed by atoms with Gasteiger partial charge in [0.2, 0.25) is 0 Å². The van der Waals surface area contributed by atoms with Gasteiger partial charge in [-0.3, -0.25) is 0 Å². The van der Waals surface area contributed by atoms with Gasteiger partial charge >= 0.3 is 0 Å². The van der Waals surface area contributed by atoms with E-state index < -0.39 is 0 Å². The molecule has 17 heavy (non-hydrogen) atoms. The van der Waals surface area contributed by atoms with Crippen LogP contribution in [0.2, 0.25) is 0 Å². The van der Waals surface area contributed by atoms with Crippen molar-refractivity contribution in [2.75, 3.05) is 11.9 Å². The third-order valence-electron chi connectivity index (χ3n) is 3.26. The number of anilines is 1. The van der Waals surface area contributed by atoms with Crippen LogP contribution in [0.3, 0.4) is 0 Å². The van der Waals surface area contributed by atoms with E-state index in [2.05, 4.69) is 47.8 Å². The van der Waals surface area contributed by atoms with Crippen LogP contribution in [-0.2, 0) is 13.0 Å². The molecule has 0 amide bonds. The van der Waals surface area contributed by atoms with E-state index in [1.807, 2.05) is 0 Å². The Labute approximate surface area is 101 Å². The molecule has 2 aromatic rings. The van der Waals surface area contributed by atoms with Crippen molar-refractivity contribution in [2.45, 2.75) is 13.0 Å². The summed E-state index contributed by atoms with van der Waals surface area (Å²) in [6, 6.07) is 14.8. The van der Waals surface area contributed by atoms with Gasteiger partial charge in [0.25, 0.3) is 0 Å². The van der Waals surface area contributed by atoms with E-state index in [0.29, 0.717) is 0 Å². The predicted molar refractivity (Wildman–Crippen MR) is 70.0 cm³/mol. The van der Waals surface area contributed by atoms with Crippen LogP contribution in [0.5, 0.6) is 0 Å². The van der Waals surface area contributed by atoms with E-state index in [0.717, 1.165) is 13.0 Å². The van der Waals surface area contributed by atoms with Gasteiger partial charge < -0.3 is 10.4 Å². The molecule has 2 heteroatoms. The van der Waals surface area contributed by atoms with Gasteiger partial charge in [-0.15, -0.1) is 0 Å². The Morgan fingerprint density at radius 1 is 1.06 bits per heavy atom. The lowest BCUT2D eigenvalue weighted by Gasteiger charge is -2.22. The van der Waals surface area contributed by atoms with Crippen LogP contribution in [-0.4, -0.2) is 11.7 Å². The standard InChI is InChI=1S/C15H15NO/c17-8-7-11-5-6-15-14(9-11)13-4-2-1-3-12(13)10-16-15/h1-6,9,16-17H,7-8,10H2. The Morgan fingerprint density at radius 2 is 1.94 bits per heavy atom. The number of benzene rings is 2. The molecule has 0 aliphatic carbocycles. The first-order valence-corrected chi connectivity index (χ1v) is 5.94. The molecule has 2 aromatic carbocycles. The van der Waals surface area contributed by atoms with Crippen molar-refractivity contribution in [3.05, 3.63) is 53.6 Å². The maximum atomic E-state index is 9.00. The smallest absolute Gasteiger partial charge is 0.0471 e. The first-order valence-electron chi connectivity index (χ1n) is 5.94. The maximum absolute atomic E-state index is 9.00. The number of hydrogen-bond donors (Lipinski definition) is 2. The molecule has 3 rings (SSSR count). The first kappa shape index (κ1) is 10.4. The van der Waals surface area contributed by atoms with Gasteiger partial charge in [-0.2, -0.15) is 0 Å². The van der Waals surface area contributed by atoms with Gasteiger partial charge in [-0.25, -0.2) is 0 Å². The SMILES string of the molecule is OCCc1ccc2c(c1)-c1ccccc1CN2. The highest BCUT2D eigenvalue weighted by molar-refractivity contribution is 5.83. The van der Waals surface area contributed by atoms with Crippen LogP contribution in [0.15, 0.2) is 42.5 Å². The zero-order valence-corrected chi connectivity index (χ0v) is 9.61. The maximum Gasteiger partial charge on any atom is 0.0471 e. The van der Waals surface area contributed by atoms with Crippen molar-refractivity contribution < 1.29 is 5.11 Å². The summed E-state index contributed by atoms with van der Waals surface area (Å²) in [6.07, 6.45) is 0.718. The Hall–Kier alpha value is -1.80. The molecule has 0 aromatic heterocycles. The molecular formula is C15H15NO. The Kier molecular flexibility index (Phi) is 2.57. The Morgan fingerprint density at radius 3 is 2.82 bits per heavy atom. The van der Waals surface area contributed by atoms with Gasteiger partial charge in [0.05, 0.1) is 0 Å². The molecule has 0 unspecified atom stereocenters. The summed E-state index contributed by atoms with van der Waals surface area (Å²) in [5.74, 6) is 0. The summed E-state index contributed by atoms with van der Waals surface area (Å²) in [5, 5.41) is 12.4. The van der Waals surface area contributed by atoms with Crippen LogP contribution in [0.25, 0.3) is 11.1 Å². The summed E-state index contributed by atoms with van der Waals surface area (Å²) in [4.78, 5) is 0. The molecule has 0 spiro atoms. The molecule has 2 nitrogen and oxygen atoms in total. The summed E-state index contributed by atoms with van der Waals surface area (Å²) in [5.41, 5.74) is 6.26. The van der Waals surface area contributed by atoms with Gasteiger partial charge in [0.1, 0.15) is 0 Å². The fourth-order valence-electron chi connectivity index (χ4n) is 2.38. The van der Waals surface area contributed by atoms with Crippen molar-refractivity contribution >= 4 is 5.69 Å². The number of aliphatic hydroxyl groups is 1. The largest absolute Gasteiger partial charge is 0.396 e. The summed E-state index contributed by atoms with van der Waals surface area (Å²) in [7, 11) is 0. The van der Waals surface area contributed by atoms with Crippen molar-refractivity contribution in [3.63, 3.8) is 0 Å². The van der Waals surface area contributed by atoms with E-state index in [1.165, 1.54) is 27.9 Å². The van der Waals surface area contributed by atoms with Crippen molar-refractivity contribution in [1.82, 2.24) is 0 Å². The average Bonchev–Trinajstić information content (AvgIpc) is 2.39. The topological polar surface area (TPSA) is 32.3 Å². The summed E-state index contributed by atoms with van der Waals surface area (Å²) >= 11 is 0. The molecule has 1 aliphatic heterocycles. The van der Waals surface area contributed by atoms with Crippen molar-refractivity contribution in [3.8, 4) is 11.1 Å². The molecule has 1 heterocycles. The highest BCUT2D eigenvalue weighted by Gasteiger charge is 2.14. The number of rotatable bonds is 2. The normalized spacial score (nSPS) is 12.5. The average molecular weight is 225 g/mol. The van der Waals surface area contributed by atoms with E-state index in [4.69, 9.17) is 5.11 Å². The zero-order chi connectivity index (χ0) is 11.7. The molecule has 0 saturated heterocycles. The Bertz CT molecular complexity index is 548. The predicted octanol–water partition coefficient (Wildman–Crippen LogP) is 2.81. The van der Waals surface area contributed by atoms with Gasteiger partial charge in [-0.1, -0.05) is 30.3 Å². The van der Waals surface area contributed by atoms with Gasteiger partial charge in [0.15, 0.2) is 0 Å². The zero-order valence-electron chi connectivity index (χ0n) is 9.61. The second kappa shape index (κ2) is 4.22. The van der Waals surface area contributed by atoms with Crippen LogP contribution in [0.4, 0.5) is 5.69 Å². The lowest BCUT2D eigenvalue weighted by Crippen LogP contribution is -2.08. The number of hydrogen-bond acceptors (Lipinski definition) is 2. The quantitative estimate of drug-likeness (QED) is 0.823. The van der Waals surface area contributed by atoms with Crippen LogP contribution >= 0.6 is 0 Å². The molecule has 0 radical (unpaired) electrons.